The van der Waals surface area contributed by atoms with Crippen LogP contribution < -0.4 is 15.4 Å². The van der Waals surface area contributed by atoms with Gasteiger partial charge >= 0.3 is 0 Å². The van der Waals surface area contributed by atoms with Crippen LogP contribution in [0.3, 0.4) is 0 Å². The number of carbonyl (C=O) groups excluding carboxylic acids is 1. The summed E-state index contributed by atoms with van der Waals surface area (Å²) in [6, 6.07) is 7.80. The molecule has 6 heteroatoms. The molecule has 1 aliphatic heterocycles. The fraction of sp³-hybridized carbons (Fsp3) is 0.588. The van der Waals surface area contributed by atoms with Crippen LogP contribution in [0.2, 0.25) is 0 Å². The summed E-state index contributed by atoms with van der Waals surface area (Å²) in [5.41, 5.74) is 1.18. The number of likely N-dealkylation sites (N-methyl/N-ethyl adjacent to an activating group) is 2. The Balaban J connectivity index is 1.67. The molecule has 6 nitrogen and oxygen atoms in total. The van der Waals surface area contributed by atoms with Gasteiger partial charge < -0.3 is 25.0 Å². The Hall–Kier alpha value is -1.63. The summed E-state index contributed by atoms with van der Waals surface area (Å²) in [7, 11) is 2.12. The zero-order valence-corrected chi connectivity index (χ0v) is 14.0. The number of hydrogen-bond acceptors (Lipinski definition) is 5. The van der Waals surface area contributed by atoms with Crippen molar-refractivity contribution in [1.29, 1.82) is 0 Å². The monoisotopic (exact) mass is 321 g/mol. The number of nitrogens with one attached hydrogen (secondary N) is 2. The van der Waals surface area contributed by atoms with Gasteiger partial charge in [0.25, 0.3) is 5.91 Å². The summed E-state index contributed by atoms with van der Waals surface area (Å²) in [4.78, 5) is 13.6. The first-order valence-corrected chi connectivity index (χ1v) is 8.16. The normalized spacial score (nSPS) is 18.6. The molecule has 23 heavy (non-hydrogen) atoms. The minimum Gasteiger partial charge on any atom is -0.484 e. The number of hydrogen-bond donors (Lipinski definition) is 2. The lowest BCUT2D eigenvalue weighted by atomic mass is 10.2. The Morgan fingerprint density at radius 3 is 2.87 bits per heavy atom. The average molecular weight is 321 g/mol. The van der Waals surface area contributed by atoms with Gasteiger partial charge in [0.15, 0.2) is 6.61 Å². The van der Waals surface area contributed by atoms with Crippen molar-refractivity contribution in [2.75, 3.05) is 46.4 Å². The first kappa shape index (κ1) is 17.7. The van der Waals surface area contributed by atoms with Crippen LogP contribution in [0.5, 0.6) is 5.75 Å². The molecule has 2 rings (SSSR count). The SMILES string of the molecule is CCNC(=O)COc1ccc(CNC[C@H]2CN(C)CCO2)cc1. The van der Waals surface area contributed by atoms with Crippen LogP contribution in [0.15, 0.2) is 24.3 Å². The van der Waals surface area contributed by atoms with Crippen LogP contribution >= 0.6 is 0 Å². The smallest absolute Gasteiger partial charge is 0.257 e. The molecule has 1 aromatic rings. The quantitative estimate of drug-likeness (QED) is 0.735. The fourth-order valence-electron chi connectivity index (χ4n) is 2.47. The minimum atomic E-state index is -0.101. The van der Waals surface area contributed by atoms with Crippen molar-refractivity contribution in [3.63, 3.8) is 0 Å². The highest BCUT2D eigenvalue weighted by molar-refractivity contribution is 5.77. The standard InChI is InChI=1S/C17H27N3O3/c1-3-19-17(21)13-23-15-6-4-14(5-7-15)10-18-11-16-12-20(2)8-9-22-16/h4-7,16,18H,3,8-13H2,1-2H3,(H,19,21)/t16-/m0/s1. The summed E-state index contributed by atoms with van der Waals surface area (Å²) in [5, 5.41) is 6.12. The van der Waals surface area contributed by atoms with Gasteiger partial charge in [-0.1, -0.05) is 12.1 Å². The van der Waals surface area contributed by atoms with E-state index in [0.29, 0.717) is 12.3 Å². The van der Waals surface area contributed by atoms with Crippen LogP contribution in [0.1, 0.15) is 12.5 Å². The Labute approximate surface area is 138 Å². The third-order valence-electron chi connectivity index (χ3n) is 3.71. The summed E-state index contributed by atoms with van der Waals surface area (Å²) in [5.74, 6) is 0.605. The van der Waals surface area contributed by atoms with Crippen molar-refractivity contribution in [2.45, 2.75) is 19.6 Å². The van der Waals surface area contributed by atoms with E-state index in [-0.39, 0.29) is 18.6 Å². The molecule has 0 aromatic heterocycles. The van der Waals surface area contributed by atoms with Gasteiger partial charge in [0.2, 0.25) is 0 Å². The van der Waals surface area contributed by atoms with E-state index in [2.05, 4.69) is 22.6 Å². The molecule has 0 saturated carbocycles. The van der Waals surface area contributed by atoms with E-state index in [4.69, 9.17) is 9.47 Å². The minimum absolute atomic E-state index is 0.0535. The topological polar surface area (TPSA) is 62.8 Å². The second-order valence-electron chi connectivity index (χ2n) is 5.77. The number of rotatable bonds is 8. The van der Waals surface area contributed by atoms with Crippen LogP contribution in [0.4, 0.5) is 0 Å². The second-order valence-corrected chi connectivity index (χ2v) is 5.77. The number of ether oxygens (including phenoxy) is 2. The molecule has 1 fully saturated rings. The van der Waals surface area contributed by atoms with E-state index in [1.807, 2.05) is 31.2 Å². The maximum atomic E-state index is 11.3. The highest BCUT2D eigenvalue weighted by Gasteiger charge is 2.16. The molecular formula is C17H27N3O3. The average Bonchev–Trinajstić information content (AvgIpc) is 2.54. The Bertz CT molecular complexity index is 478. The molecule has 0 bridgehead atoms. The van der Waals surface area contributed by atoms with Crippen molar-refractivity contribution < 1.29 is 14.3 Å². The molecule has 0 aliphatic carbocycles. The molecular weight excluding hydrogens is 294 g/mol. The van der Waals surface area contributed by atoms with Gasteiger partial charge in [-0.3, -0.25) is 4.79 Å². The highest BCUT2D eigenvalue weighted by Crippen LogP contribution is 2.12. The zero-order chi connectivity index (χ0) is 16.5. The molecule has 1 saturated heterocycles. The van der Waals surface area contributed by atoms with Gasteiger partial charge in [0.1, 0.15) is 5.75 Å². The zero-order valence-electron chi connectivity index (χ0n) is 14.0. The van der Waals surface area contributed by atoms with Crippen molar-refractivity contribution in [2.24, 2.45) is 0 Å². The first-order chi connectivity index (χ1) is 11.2. The third-order valence-corrected chi connectivity index (χ3v) is 3.71. The predicted molar refractivity (Wildman–Crippen MR) is 89.6 cm³/mol. The molecule has 2 N–H and O–H groups in total. The fourth-order valence-corrected chi connectivity index (χ4v) is 2.47. The molecule has 1 aromatic carbocycles. The van der Waals surface area contributed by atoms with Crippen LogP contribution in [-0.4, -0.2) is 63.4 Å². The summed E-state index contributed by atoms with van der Waals surface area (Å²) in [6.45, 7) is 6.98. The number of benzene rings is 1. The van der Waals surface area contributed by atoms with E-state index in [1.54, 1.807) is 0 Å². The van der Waals surface area contributed by atoms with E-state index in [9.17, 15) is 4.79 Å². The van der Waals surface area contributed by atoms with Gasteiger partial charge in [-0.2, -0.15) is 0 Å². The lowest BCUT2D eigenvalue weighted by Crippen LogP contribution is -2.44. The molecule has 1 aliphatic rings. The summed E-state index contributed by atoms with van der Waals surface area (Å²) < 4.78 is 11.1. The van der Waals surface area contributed by atoms with Crippen LogP contribution in [-0.2, 0) is 16.1 Å². The molecule has 0 unspecified atom stereocenters. The van der Waals surface area contributed by atoms with E-state index in [1.165, 1.54) is 5.56 Å². The molecule has 1 amide bonds. The largest absolute Gasteiger partial charge is 0.484 e. The molecule has 1 heterocycles. The maximum Gasteiger partial charge on any atom is 0.257 e. The molecule has 0 spiro atoms. The van der Waals surface area contributed by atoms with Gasteiger partial charge in [-0.25, -0.2) is 0 Å². The highest BCUT2D eigenvalue weighted by atomic mass is 16.5. The number of morpholine rings is 1. The van der Waals surface area contributed by atoms with Crippen molar-refractivity contribution in [3.05, 3.63) is 29.8 Å². The van der Waals surface area contributed by atoms with E-state index < -0.39 is 0 Å². The van der Waals surface area contributed by atoms with E-state index >= 15 is 0 Å². The summed E-state index contributed by atoms with van der Waals surface area (Å²) >= 11 is 0. The van der Waals surface area contributed by atoms with Crippen LogP contribution in [0.25, 0.3) is 0 Å². The van der Waals surface area contributed by atoms with Crippen molar-refractivity contribution in [3.8, 4) is 5.75 Å². The van der Waals surface area contributed by atoms with Crippen molar-refractivity contribution in [1.82, 2.24) is 15.5 Å². The van der Waals surface area contributed by atoms with Gasteiger partial charge in [0, 0.05) is 32.7 Å². The van der Waals surface area contributed by atoms with Crippen molar-refractivity contribution >= 4 is 5.91 Å². The van der Waals surface area contributed by atoms with Gasteiger partial charge in [-0.15, -0.1) is 0 Å². The molecule has 0 radical (unpaired) electrons. The Morgan fingerprint density at radius 2 is 2.17 bits per heavy atom. The third kappa shape index (κ3) is 6.56. The first-order valence-electron chi connectivity index (χ1n) is 8.16. The Morgan fingerprint density at radius 1 is 1.39 bits per heavy atom. The second kappa shape index (κ2) is 9.50. The Kier molecular flexibility index (Phi) is 7.32. The van der Waals surface area contributed by atoms with E-state index in [0.717, 1.165) is 32.8 Å². The predicted octanol–water partition coefficient (Wildman–Crippen LogP) is 0.622. The number of nitrogens with zero attached hydrogens (tertiary/aromatic N) is 1. The summed E-state index contributed by atoms with van der Waals surface area (Å²) in [6.07, 6.45) is 0.258. The molecule has 1 atom stereocenters. The lowest BCUT2D eigenvalue weighted by Gasteiger charge is -2.30. The lowest BCUT2D eigenvalue weighted by molar-refractivity contribution is -0.122. The maximum absolute atomic E-state index is 11.3. The number of amides is 1. The van der Waals surface area contributed by atoms with Crippen LogP contribution in [0, 0.1) is 0 Å². The molecule has 128 valence electrons. The number of carbonyl (C=O) groups is 1. The van der Waals surface area contributed by atoms with Gasteiger partial charge in [0.05, 0.1) is 12.7 Å². The van der Waals surface area contributed by atoms with Gasteiger partial charge in [-0.05, 0) is 31.7 Å².